The third-order valence-electron chi connectivity index (χ3n) is 5.22. The second kappa shape index (κ2) is 7.48. The lowest BCUT2D eigenvalue weighted by Crippen LogP contribution is -2.23. The van der Waals surface area contributed by atoms with Crippen LogP contribution in [0.5, 0.6) is 0 Å². The number of carbonyl (C=O) groups excluding carboxylic acids is 1. The molecule has 5 aromatic rings. The first-order valence-electron chi connectivity index (χ1n) is 9.88. The smallest absolute Gasteiger partial charge is 0.272 e. The molecule has 0 saturated carbocycles. The van der Waals surface area contributed by atoms with Crippen molar-refractivity contribution in [3.63, 3.8) is 0 Å². The monoisotopic (exact) mass is 429 g/mol. The van der Waals surface area contributed by atoms with Gasteiger partial charge >= 0.3 is 0 Å². The molecule has 154 valence electrons. The predicted octanol–water partition coefficient (Wildman–Crippen LogP) is 4.35. The zero-order valence-electron chi connectivity index (χ0n) is 17.0. The van der Waals surface area contributed by atoms with Crippen LogP contribution in [-0.4, -0.2) is 24.8 Å². The van der Waals surface area contributed by atoms with E-state index in [1.165, 1.54) is 0 Å². The molecule has 8 heteroatoms. The number of anilines is 1. The van der Waals surface area contributed by atoms with Crippen molar-refractivity contribution in [2.45, 2.75) is 20.4 Å². The largest absolute Gasteiger partial charge is 0.322 e. The van der Waals surface area contributed by atoms with E-state index in [0.717, 1.165) is 21.7 Å². The number of hydrogen-bond acceptors (Lipinski definition) is 5. The number of fused-ring (bicyclic) bond motifs is 2. The van der Waals surface area contributed by atoms with Crippen LogP contribution in [0.25, 0.3) is 27.3 Å². The molecule has 0 aliphatic rings. The summed E-state index contributed by atoms with van der Waals surface area (Å²) < 4.78 is 3.65. The molecular formula is C23H19N5O2S. The van der Waals surface area contributed by atoms with Gasteiger partial charge < -0.3 is 9.88 Å². The van der Waals surface area contributed by atoms with E-state index in [1.54, 1.807) is 41.0 Å². The van der Waals surface area contributed by atoms with E-state index >= 15 is 0 Å². The Morgan fingerprint density at radius 1 is 1.13 bits per heavy atom. The Kier molecular flexibility index (Phi) is 4.63. The highest BCUT2D eigenvalue weighted by atomic mass is 32.1. The summed E-state index contributed by atoms with van der Waals surface area (Å²) in [5, 5.41) is 4.91. The normalized spacial score (nSPS) is 11.3. The first kappa shape index (κ1) is 19.2. The molecule has 0 unspecified atom stereocenters. The zero-order valence-corrected chi connectivity index (χ0v) is 17.8. The molecule has 31 heavy (non-hydrogen) atoms. The highest BCUT2D eigenvalue weighted by Gasteiger charge is 2.12. The summed E-state index contributed by atoms with van der Waals surface area (Å²) in [7, 11) is 0. The summed E-state index contributed by atoms with van der Waals surface area (Å²) in [6, 6.07) is 12.8. The number of aryl methyl sites for hydroxylation is 2. The van der Waals surface area contributed by atoms with Gasteiger partial charge in [-0.25, -0.2) is 9.97 Å². The van der Waals surface area contributed by atoms with E-state index < -0.39 is 0 Å². The zero-order chi connectivity index (χ0) is 21.5. The number of rotatable bonds is 4. The van der Waals surface area contributed by atoms with Crippen LogP contribution < -0.4 is 10.9 Å². The Bertz CT molecular complexity index is 1470. The SMILES string of the molecule is CCn1c(=O)c(C)nc2cc(C(=O)Nc3ccc(-c4cn5ccsc5n4)cc3)ccc21. The maximum atomic E-state index is 12.8. The van der Waals surface area contributed by atoms with Gasteiger partial charge in [0.1, 0.15) is 5.69 Å². The van der Waals surface area contributed by atoms with Crippen LogP contribution in [0.3, 0.4) is 0 Å². The van der Waals surface area contributed by atoms with Gasteiger partial charge in [-0.2, -0.15) is 0 Å². The summed E-state index contributed by atoms with van der Waals surface area (Å²) in [4.78, 5) is 35.0. The molecule has 3 heterocycles. The second-order valence-corrected chi connectivity index (χ2v) is 8.07. The van der Waals surface area contributed by atoms with Crippen molar-refractivity contribution in [1.29, 1.82) is 0 Å². The molecule has 0 saturated heterocycles. The van der Waals surface area contributed by atoms with Gasteiger partial charge in [0.05, 0.1) is 16.7 Å². The average Bonchev–Trinajstić information content (AvgIpc) is 3.37. The van der Waals surface area contributed by atoms with E-state index in [4.69, 9.17) is 0 Å². The maximum Gasteiger partial charge on any atom is 0.272 e. The van der Waals surface area contributed by atoms with Crippen molar-refractivity contribution in [2.24, 2.45) is 0 Å². The van der Waals surface area contributed by atoms with Gasteiger partial charge in [0.2, 0.25) is 0 Å². The third kappa shape index (κ3) is 3.40. The summed E-state index contributed by atoms with van der Waals surface area (Å²) in [5.41, 5.74) is 4.71. The molecule has 0 aliphatic heterocycles. The molecule has 0 aliphatic carbocycles. The Balaban J connectivity index is 1.39. The van der Waals surface area contributed by atoms with E-state index in [9.17, 15) is 9.59 Å². The summed E-state index contributed by atoms with van der Waals surface area (Å²) in [5.74, 6) is -0.231. The van der Waals surface area contributed by atoms with Crippen LogP contribution in [0.15, 0.2) is 65.0 Å². The second-order valence-electron chi connectivity index (χ2n) is 7.20. The molecule has 0 radical (unpaired) electrons. The Labute approximate surface area is 181 Å². The molecule has 0 fully saturated rings. The van der Waals surface area contributed by atoms with Gasteiger partial charge in [0.25, 0.3) is 11.5 Å². The number of imidazole rings is 1. The minimum absolute atomic E-state index is 0.107. The van der Waals surface area contributed by atoms with Gasteiger partial charge in [-0.05, 0) is 44.2 Å². The van der Waals surface area contributed by atoms with Crippen molar-refractivity contribution in [3.05, 3.63) is 81.8 Å². The number of nitrogens with one attached hydrogen (secondary N) is 1. The predicted molar refractivity (Wildman–Crippen MR) is 123 cm³/mol. The van der Waals surface area contributed by atoms with Gasteiger partial charge in [0, 0.05) is 41.1 Å². The van der Waals surface area contributed by atoms with Gasteiger partial charge in [0.15, 0.2) is 4.96 Å². The Hall–Kier alpha value is -3.78. The molecule has 1 amide bonds. The fourth-order valence-electron chi connectivity index (χ4n) is 3.62. The first-order chi connectivity index (χ1) is 15.0. The molecule has 0 spiro atoms. The van der Waals surface area contributed by atoms with Crippen molar-refractivity contribution in [2.75, 3.05) is 5.32 Å². The lowest BCUT2D eigenvalue weighted by molar-refractivity contribution is 0.102. The minimum Gasteiger partial charge on any atom is -0.322 e. The molecule has 5 rings (SSSR count). The number of thiazole rings is 1. The minimum atomic E-state index is -0.231. The number of aromatic nitrogens is 4. The molecule has 1 N–H and O–H groups in total. The fourth-order valence-corrected chi connectivity index (χ4v) is 4.32. The van der Waals surface area contributed by atoms with Crippen LogP contribution in [0, 0.1) is 6.92 Å². The molecular weight excluding hydrogens is 410 g/mol. The fraction of sp³-hybridized carbons (Fsp3) is 0.130. The lowest BCUT2D eigenvalue weighted by atomic mass is 10.1. The highest BCUT2D eigenvalue weighted by molar-refractivity contribution is 7.15. The highest BCUT2D eigenvalue weighted by Crippen LogP contribution is 2.23. The number of amides is 1. The quantitative estimate of drug-likeness (QED) is 0.460. The average molecular weight is 430 g/mol. The third-order valence-corrected chi connectivity index (χ3v) is 5.99. The van der Waals surface area contributed by atoms with E-state index in [2.05, 4.69) is 15.3 Å². The van der Waals surface area contributed by atoms with Crippen LogP contribution in [-0.2, 0) is 6.54 Å². The van der Waals surface area contributed by atoms with Crippen molar-refractivity contribution >= 4 is 38.9 Å². The lowest BCUT2D eigenvalue weighted by Gasteiger charge is -2.10. The van der Waals surface area contributed by atoms with Crippen LogP contribution in [0.2, 0.25) is 0 Å². The molecule has 3 aromatic heterocycles. The number of hydrogen-bond donors (Lipinski definition) is 1. The Morgan fingerprint density at radius 3 is 2.68 bits per heavy atom. The summed E-state index contributed by atoms with van der Waals surface area (Å²) in [6.45, 7) is 4.15. The van der Waals surface area contributed by atoms with Crippen molar-refractivity contribution < 1.29 is 4.79 Å². The van der Waals surface area contributed by atoms with Crippen LogP contribution in [0.1, 0.15) is 23.0 Å². The van der Waals surface area contributed by atoms with E-state index in [0.29, 0.717) is 29.0 Å². The van der Waals surface area contributed by atoms with E-state index in [1.807, 2.05) is 53.4 Å². The van der Waals surface area contributed by atoms with Crippen molar-refractivity contribution in [1.82, 2.24) is 18.9 Å². The van der Waals surface area contributed by atoms with Gasteiger partial charge in [-0.1, -0.05) is 12.1 Å². The van der Waals surface area contributed by atoms with E-state index in [-0.39, 0.29) is 11.5 Å². The molecule has 0 atom stereocenters. The molecule has 2 aromatic carbocycles. The molecule has 7 nitrogen and oxygen atoms in total. The van der Waals surface area contributed by atoms with Crippen LogP contribution in [0.4, 0.5) is 5.69 Å². The van der Waals surface area contributed by atoms with Gasteiger partial charge in [-0.3, -0.25) is 14.0 Å². The maximum absolute atomic E-state index is 12.8. The topological polar surface area (TPSA) is 81.3 Å². The molecule has 0 bridgehead atoms. The summed E-state index contributed by atoms with van der Waals surface area (Å²) >= 11 is 1.59. The number of nitrogens with zero attached hydrogens (tertiary/aromatic N) is 4. The Morgan fingerprint density at radius 2 is 1.94 bits per heavy atom. The van der Waals surface area contributed by atoms with Crippen LogP contribution >= 0.6 is 11.3 Å². The van der Waals surface area contributed by atoms with Crippen molar-refractivity contribution in [3.8, 4) is 11.3 Å². The first-order valence-corrected chi connectivity index (χ1v) is 10.8. The number of carbonyl (C=O) groups is 1. The number of benzene rings is 2. The van der Waals surface area contributed by atoms with Gasteiger partial charge in [-0.15, -0.1) is 11.3 Å². The summed E-state index contributed by atoms with van der Waals surface area (Å²) in [6.07, 6.45) is 3.96. The standard InChI is InChI=1S/C23H19N5O2S/c1-3-28-20-9-6-16(12-18(20)24-14(2)22(28)30)21(29)25-17-7-4-15(5-8-17)19-13-27-10-11-31-23(27)26-19/h4-13H,3H2,1-2H3,(H,25,29).